The third-order valence-electron chi connectivity index (χ3n) is 4.17. The lowest BCUT2D eigenvalue weighted by molar-refractivity contribution is 0.0483. The van der Waals surface area contributed by atoms with Crippen LogP contribution in [-0.2, 0) is 6.42 Å². The summed E-state index contributed by atoms with van der Waals surface area (Å²) in [6.07, 6.45) is 3.52. The van der Waals surface area contributed by atoms with Gasteiger partial charge >= 0.3 is 0 Å². The second kappa shape index (κ2) is 4.99. The molecule has 0 aromatic heterocycles. The lowest BCUT2D eigenvalue weighted by Gasteiger charge is -2.50. The number of nitrogens with two attached hydrogens (primary N) is 1. The third kappa shape index (κ3) is 3.73. The monoisotopic (exact) mass is 297 g/mol. The van der Waals surface area contributed by atoms with Crippen molar-refractivity contribution >= 4 is 11.6 Å². The van der Waals surface area contributed by atoms with E-state index in [1.807, 2.05) is 0 Å². The van der Waals surface area contributed by atoms with E-state index < -0.39 is 0 Å². The number of benzene rings is 1. The highest BCUT2D eigenvalue weighted by molar-refractivity contribution is 6.30. The largest absolute Gasteiger partial charge is 0.325 e. The van der Waals surface area contributed by atoms with Crippen LogP contribution in [0.5, 0.6) is 0 Å². The Balaban J connectivity index is 2.28. The molecular formula is C17H25ClFN. The van der Waals surface area contributed by atoms with Crippen LogP contribution in [0.15, 0.2) is 18.2 Å². The van der Waals surface area contributed by atoms with Crippen molar-refractivity contribution in [2.45, 2.75) is 58.9 Å². The van der Waals surface area contributed by atoms with Crippen molar-refractivity contribution in [1.82, 2.24) is 0 Å². The summed E-state index contributed by atoms with van der Waals surface area (Å²) in [7, 11) is 0. The number of hydrogen-bond acceptors (Lipinski definition) is 1. The van der Waals surface area contributed by atoms with E-state index in [1.165, 1.54) is 6.07 Å². The molecule has 20 heavy (non-hydrogen) atoms. The quantitative estimate of drug-likeness (QED) is 0.820. The maximum atomic E-state index is 14.0. The van der Waals surface area contributed by atoms with Crippen molar-refractivity contribution in [3.05, 3.63) is 34.6 Å². The fraction of sp³-hybridized carbons (Fsp3) is 0.647. The van der Waals surface area contributed by atoms with Crippen LogP contribution in [0.25, 0.3) is 0 Å². The molecule has 0 aliphatic heterocycles. The molecule has 2 N–H and O–H groups in total. The average molecular weight is 298 g/mol. The van der Waals surface area contributed by atoms with E-state index >= 15 is 0 Å². The average Bonchev–Trinajstić information content (AvgIpc) is 2.17. The fourth-order valence-electron chi connectivity index (χ4n) is 4.57. The van der Waals surface area contributed by atoms with Crippen LogP contribution in [-0.4, -0.2) is 5.54 Å². The molecule has 0 radical (unpaired) electrons. The van der Waals surface area contributed by atoms with E-state index in [1.54, 1.807) is 12.1 Å². The smallest absolute Gasteiger partial charge is 0.126 e. The maximum absolute atomic E-state index is 14.0. The molecule has 112 valence electrons. The minimum atomic E-state index is -0.364. The molecule has 0 atom stereocenters. The molecule has 0 saturated heterocycles. The first-order valence-corrected chi connectivity index (χ1v) is 7.61. The number of rotatable bonds is 2. The van der Waals surface area contributed by atoms with Crippen LogP contribution < -0.4 is 5.73 Å². The minimum Gasteiger partial charge on any atom is -0.325 e. The Hall–Kier alpha value is -0.600. The van der Waals surface area contributed by atoms with Crippen molar-refractivity contribution in [1.29, 1.82) is 0 Å². The Kier molecular flexibility index (Phi) is 3.94. The molecule has 1 aromatic carbocycles. The Morgan fingerprint density at radius 1 is 1.10 bits per heavy atom. The summed E-state index contributed by atoms with van der Waals surface area (Å²) in [6, 6.07) is 4.72. The van der Waals surface area contributed by atoms with Gasteiger partial charge in [0, 0.05) is 10.6 Å². The highest BCUT2D eigenvalue weighted by Crippen LogP contribution is 2.50. The van der Waals surface area contributed by atoms with Gasteiger partial charge in [-0.3, -0.25) is 0 Å². The van der Waals surface area contributed by atoms with Crippen molar-refractivity contribution in [2.75, 3.05) is 0 Å². The molecule has 1 aromatic rings. The molecular weight excluding hydrogens is 273 g/mol. The van der Waals surface area contributed by atoms with E-state index in [0.29, 0.717) is 17.0 Å². The van der Waals surface area contributed by atoms with Crippen LogP contribution in [0.3, 0.4) is 0 Å². The first kappa shape index (κ1) is 15.8. The summed E-state index contributed by atoms with van der Waals surface area (Å²) in [5.74, 6) is -0.208. The second-order valence-corrected chi connectivity index (χ2v) is 8.57. The summed E-state index contributed by atoms with van der Waals surface area (Å²) in [5, 5.41) is 0.569. The molecule has 3 heteroatoms. The van der Waals surface area contributed by atoms with Gasteiger partial charge in [-0.1, -0.05) is 39.3 Å². The topological polar surface area (TPSA) is 26.0 Å². The highest BCUT2D eigenvalue weighted by atomic mass is 35.5. The normalized spacial score (nSPS) is 23.6. The summed E-state index contributed by atoms with van der Waals surface area (Å²) < 4.78 is 14.0. The Morgan fingerprint density at radius 2 is 1.65 bits per heavy atom. The molecule has 1 fully saturated rings. The predicted molar refractivity (Wildman–Crippen MR) is 83.4 cm³/mol. The van der Waals surface area contributed by atoms with E-state index in [-0.39, 0.29) is 22.2 Å². The van der Waals surface area contributed by atoms with E-state index in [2.05, 4.69) is 27.7 Å². The van der Waals surface area contributed by atoms with Crippen LogP contribution in [0.2, 0.25) is 5.02 Å². The molecule has 0 heterocycles. The molecule has 0 bridgehead atoms. The summed E-state index contributed by atoms with van der Waals surface area (Å²) in [5.41, 5.74) is 7.29. The number of hydrogen-bond donors (Lipinski definition) is 1. The van der Waals surface area contributed by atoms with E-state index in [4.69, 9.17) is 17.3 Å². The summed E-state index contributed by atoms with van der Waals surface area (Å²) in [6.45, 7) is 9.02. The first-order valence-electron chi connectivity index (χ1n) is 7.23. The van der Waals surface area contributed by atoms with Gasteiger partial charge in [0.1, 0.15) is 5.82 Å². The fourth-order valence-corrected chi connectivity index (χ4v) is 4.77. The van der Waals surface area contributed by atoms with Gasteiger partial charge in [-0.25, -0.2) is 4.39 Å². The molecule has 0 unspecified atom stereocenters. The standard InChI is InChI=1S/C17H25ClFN/c1-15(2)9-16(3,4)11-17(20,10-15)8-12-7-13(18)5-6-14(12)19/h5-7H,8-11,20H2,1-4H3. The van der Waals surface area contributed by atoms with Crippen molar-refractivity contribution in [3.63, 3.8) is 0 Å². The lowest BCUT2D eigenvalue weighted by Crippen LogP contribution is -2.53. The summed E-state index contributed by atoms with van der Waals surface area (Å²) >= 11 is 5.98. The zero-order valence-corrected chi connectivity index (χ0v) is 13.6. The van der Waals surface area contributed by atoms with Gasteiger partial charge in [-0.05, 0) is 60.3 Å². The zero-order valence-electron chi connectivity index (χ0n) is 12.9. The number of halogens is 2. The van der Waals surface area contributed by atoms with E-state index in [0.717, 1.165) is 19.3 Å². The van der Waals surface area contributed by atoms with Crippen LogP contribution in [0.4, 0.5) is 4.39 Å². The van der Waals surface area contributed by atoms with Crippen molar-refractivity contribution < 1.29 is 4.39 Å². The molecule has 1 saturated carbocycles. The van der Waals surface area contributed by atoms with Gasteiger partial charge in [0.25, 0.3) is 0 Å². The van der Waals surface area contributed by atoms with Gasteiger partial charge in [0.15, 0.2) is 0 Å². The molecule has 0 spiro atoms. The molecule has 0 amide bonds. The van der Waals surface area contributed by atoms with Gasteiger partial charge in [0.2, 0.25) is 0 Å². The van der Waals surface area contributed by atoms with Gasteiger partial charge in [0.05, 0.1) is 0 Å². The zero-order chi connectivity index (χ0) is 15.2. The Labute approximate surface area is 126 Å². The van der Waals surface area contributed by atoms with Crippen molar-refractivity contribution in [2.24, 2.45) is 16.6 Å². The van der Waals surface area contributed by atoms with Gasteiger partial charge in [-0.2, -0.15) is 0 Å². The molecule has 1 aliphatic rings. The SMILES string of the molecule is CC1(C)CC(C)(C)CC(N)(Cc2cc(Cl)ccc2F)C1. The minimum absolute atomic E-state index is 0.186. The first-order chi connectivity index (χ1) is 9.00. The lowest BCUT2D eigenvalue weighted by atomic mass is 9.57. The molecule has 1 nitrogen and oxygen atoms in total. The van der Waals surface area contributed by atoms with Crippen LogP contribution in [0, 0.1) is 16.6 Å². The summed E-state index contributed by atoms with van der Waals surface area (Å²) in [4.78, 5) is 0. The third-order valence-corrected chi connectivity index (χ3v) is 4.40. The highest BCUT2D eigenvalue weighted by Gasteiger charge is 2.45. The molecule has 2 rings (SSSR count). The van der Waals surface area contributed by atoms with Crippen LogP contribution >= 0.6 is 11.6 Å². The Morgan fingerprint density at radius 3 is 2.20 bits per heavy atom. The van der Waals surface area contributed by atoms with Gasteiger partial charge in [-0.15, -0.1) is 0 Å². The van der Waals surface area contributed by atoms with Crippen molar-refractivity contribution in [3.8, 4) is 0 Å². The Bertz CT molecular complexity index is 492. The second-order valence-electron chi connectivity index (χ2n) is 8.13. The van der Waals surface area contributed by atoms with E-state index in [9.17, 15) is 4.39 Å². The van der Waals surface area contributed by atoms with Crippen LogP contribution in [0.1, 0.15) is 52.5 Å². The van der Waals surface area contributed by atoms with Gasteiger partial charge < -0.3 is 5.73 Å². The maximum Gasteiger partial charge on any atom is 0.126 e. The predicted octanol–water partition coefficient (Wildman–Crippen LogP) is 4.96. The molecule has 1 aliphatic carbocycles.